The molecule has 0 saturated carbocycles. The van der Waals surface area contributed by atoms with Crippen LogP contribution in [-0.4, -0.2) is 28.6 Å². The van der Waals surface area contributed by atoms with Crippen molar-refractivity contribution in [2.75, 3.05) is 13.6 Å². The van der Waals surface area contributed by atoms with Crippen molar-refractivity contribution in [1.29, 1.82) is 0 Å². The summed E-state index contributed by atoms with van der Waals surface area (Å²) in [6, 6.07) is 6.29. The number of hydrogen-bond donors (Lipinski definition) is 1. The van der Waals surface area contributed by atoms with Gasteiger partial charge in [-0.1, -0.05) is 23.4 Å². The van der Waals surface area contributed by atoms with Gasteiger partial charge in [-0.05, 0) is 45.0 Å². The number of nitrogens with zero attached hydrogens (tertiary/aromatic N) is 3. The molecule has 0 spiro atoms. The molecule has 0 unspecified atom stereocenters. The van der Waals surface area contributed by atoms with Gasteiger partial charge in [-0.3, -0.25) is 4.68 Å². The Morgan fingerprint density at radius 2 is 2.05 bits per heavy atom. The first-order chi connectivity index (χ1) is 8.72. The molecule has 1 N–H and O–H groups in total. The number of halogens is 1. The highest BCUT2D eigenvalue weighted by atomic mass is 35.5. The molecule has 0 atom stereocenters. The van der Waals surface area contributed by atoms with Crippen LogP contribution in [0.2, 0.25) is 0 Å². The van der Waals surface area contributed by atoms with Crippen LogP contribution in [0, 0.1) is 13.8 Å². The second-order valence-electron chi connectivity index (χ2n) is 4.57. The maximum Gasteiger partial charge on any atom is 0.113 e. The molecular weight excluding hydrogens is 260 g/mol. The van der Waals surface area contributed by atoms with Gasteiger partial charge < -0.3 is 5.32 Å². The largest absolute Gasteiger partial charge is 0.320 e. The first kappa shape index (κ1) is 15.7. The lowest BCUT2D eigenvalue weighted by molar-refractivity contribution is 0.545. The van der Waals surface area contributed by atoms with Gasteiger partial charge in [0.1, 0.15) is 5.69 Å². The lowest BCUT2D eigenvalue weighted by Crippen LogP contribution is -2.11. The Morgan fingerprint density at radius 3 is 2.79 bits per heavy atom. The molecule has 0 saturated heterocycles. The Morgan fingerprint density at radius 1 is 1.26 bits per heavy atom. The van der Waals surface area contributed by atoms with Gasteiger partial charge in [0.05, 0.1) is 6.20 Å². The second-order valence-corrected chi connectivity index (χ2v) is 4.57. The van der Waals surface area contributed by atoms with Crippen LogP contribution in [0.15, 0.2) is 24.4 Å². The first-order valence-electron chi connectivity index (χ1n) is 6.33. The van der Waals surface area contributed by atoms with E-state index in [0.29, 0.717) is 0 Å². The maximum absolute atomic E-state index is 4.26. The average Bonchev–Trinajstić information content (AvgIpc) is 2.82. The van der Waals surface area contributed by atoms with Crippen molar-refractivity contribution in [3.8, 4) is 11.3 Å². The molecule has 19 heavy (non-hydrogen) atoms. The molecule has 2 aromatic rings. The van der Waals surface area contributed by atoms with E-state index in [2.05, 4.69) is 47.7 Å². The minimum absolute atomic E-state index is 0. The molecule has 0 aliphatic carbocycles. The quantitative estimate of drug-likeness (QED) is 0.856. The highest BCUT2D eigenvalue weighted by molar-refractivity contribution is 5.85. The Hall–Kier alpha value is -1.39. The molecule has 4 nitrogen and oxygen atoms in total. The van der Waals surface area contributed by atoms with E-state index in [1.54, 1.807) is 0 Å². The van der Waals surface area contributed by atoms with Crippen molar-refractivity contribution in [2.45, 2.75) is 26.8 Å². The highest BCUT2D eigenvalue weighted by Crippen LogP contribution is 2.23. The van der Waals surface area contributed by atoms with Gasteiger partial charge in [0.25, 0.3) is 0 Å². The van der Waals surface area contributed by atoms with Crippen molar-refractivity contribution in [3.05, 3.63) is 35.5 Å². The number of aryl methyl sites for hydroxylation is 2. The fraction of sp³-hybridized carbons (Fsp3) is 0.429. The van der Waals surface area contributed by atoms with Gasteiger partial charge in [-0.2, -0.15) is 0 Å². The Labute approximate surface area is 120 Å². The van der Waals surface area contributed by atoms with E-state index < -0.39 is 0 Å². The molecule has 0 bridgehead atoms. The van der Waals surface area contributed by atoms with Crippen molar-refractivity contribution >= 4 is 12.4 Å². The summed E-state index contributed by atoms with van der Waals surface area (Å²) in [6.07, 6.45) is 3.09. The van der Waals surface area contributed by atoms with Crippen LogP contribution >= 0.6 is 12.4 Å². The van der Waals surface area contributed by atoms with Gasteiger partial charge >= 0.3 is 0 Å². The lowest BCUT2D eigenvalue weighted by Gasteiger charge is -2.04. The number of benzene rings is 1. The Kier molecular flexibility index (Phi) is 5.99. The van der Waals surface area contributed by atoms with E-state index >= 15 is 0 Å². The zero-order valence-electron chi connectivity index (χ0n) is 11.7. The van der Waals surface area contributed by atoms with Crippen LogP contribution in [0.25, 0.3) is 11.3 Å². The molecule has 0 aliphatic rings. The van der Waals surface area contributed by atoms with Crippen molar-refractivity contribution in [1.82, 2.24) is 20.3 Å². The zero-order chi connectivity index (χ0) is 13.0. The van der Waals surface area contributed by atoms with Gasteiger partial charge in [0, 0.05) is 12.1 Å². The first-order valence-corrected chi connectivity index (χ1v) is 6.33. The molecular formula is C14H21ClN4. The van der Waals surface area contributed by atoms with E-state index in [4.69, 9.17) is 0 Å². The molecule has 1 aromatic heterocycles. The minimum atomic E-state index is 0. The van der Waals surface area contributed by atoms with Gasteiger partial charge in [-0.15, -0.1) is 17.5 Å². The average molecular weight is 281 g/mol. The van der Waals surface area contributed by atoms with Gasteiger partial charge in [0.2, 0.25) is 0 Å². The van der Waals surface area contributed by atoms with E-state index in [0.717, 1.165) is 25.2 Å². The molecule has 1 aromatic carbocycles. The summed E-state index contributed by atoms with van der Waals surface area (Å²) in [5.41, 5.74) is 4.70. The summed E-state index contributed by atoms with van der Waals surface area (Å²) in [5.74, 6) is 0. The van der Waals surface area contributed by atoms with Crippen LogP contribution in [0.5, 0.6) is 0 Å². The summed E-state index contributed by atoms with van der Waals surface area (Å²) in [5, 5.41) is 11.6. The summed E-state index contributed by atoms with van der Waals surface area (Å²) in [6.45, 7) is 6.15. The molecule has 0 aliphatic heterocycles. The Balaban J connectivity index is 0.00000180. The maximum atomic E-state index is 4.26. The van der Waals surface area contributed by atoms with Crippen LogP contribution in [0.4, 0.5) is 0 Å². The fourth-order valence-corrected chi connectivity index (χ4v) is 1.98. The van der Waals surface area contributed by atoms with Crippen LogP contribution in [0.3, 0.4) is 0 Å². The SMILES string of the molecule is CNCCCn1cc(-c2cccc(C)c2C)nn1.Cl. The second kappa shape index (κ2) is 7.26. The smallest absolute Gasteiger partial charge is 0.113 e. The summed E-state index contributed by atoms with van der Waals surface area (Å²) in [7, 11) is 1.96. The summed E-state index contributed by atoms with van der Waals surface area (Å²) in [4.78, 5) is 0. The van der Waals surface area contributed by atoms with Crippen LogP contribution < -0.4 is 5.32 Å². The normalized spacial score (nSPS) is 10.3. The zero-order valence-corrected chi connectivity index (χ0v) is 12.5. The molecule has 2 rings (SSSR count). The van der Waals surface area contributed by atoms with Gasteiger partial charge in [0.15, 0.2) is 0 Å². The van der Waals surface area contributed by atoms with Crippen molar-refractivity contribution in [3.63, 3.8) is 0 Å². The number of aromatic nitrogens is 3. The van der Waals surface area contributed by atoms with Crippen LogP contribution in [-0.2, 0) is 6.54 Å². The minimum Gasteiger partial charge on any atom is -0.320 e. The van der Waals surface area contributed by atoms with E-state index in [1.807, 2.05) is 17.9 Å². The molecule has 5 heteroatoms. The van der Waals surface area contributed by atoms with E-state index in [-0.39, 0.29) is 12.4 Å². The Bertz CT molecular complexity index is 522. The number of hydrogen-bond acceptors (Lipinski definition) is 3. The third-order valence-electron chi connectivity index (χ3n) is 3.23. The van der Waals surface area contributed by atoms with E-state index in [1.165, 1.54) is 16.7 Å². The van der Waals surface area contributed by atoms with Gasteiger partial charge in [-0.25, -0.2) is 0 Å². The lowest BCUT2D eigenvalue weighted by atomic mass is 10.0. The van der Waals surface area contributed by atoms with Crippen molar-refractivity contribution < 1.29 is 0 Å². The third-order valence-corrected chi connectivity index (χ3v) is 3.23. The van der Waals surface area contributed by atoms with Crippen LogP contribution in [0.1, 0.15) is 17.5 Å². The number of rotatable bonds is 5. The topological polar surface area (TPSA) is 42.7 Å². The van der Waals surface area contributed by atoms with E-state index in [9.17, 15) is 0 Å². The van der Waals surface area contributed by atoms with Crippen molar-refractivity contribution in [2.24, 2.45) is 0 Å². The molecule has 1 heterocycles. The summed E-state index contributed by atoms with van der Waals surface area (Å²) >= 11 is 0. The molecule has 104 valence electrons. The third kappa shape index (κ3) is 3.78. The standard InChI is InChI=1S/C14H20N4.ClH/c1-11-6-4-7-13(12(11)2)14-10-18(17-16-14)9-5-8-15-3;/h4,6-7,10,15H,5,8-9H2,1-3H3;1H. The highest BCUT2D eigenvalue weighted by Gasteiger charge is 2.07. The summed E-state index contributed by atoms with van der Waals surface area (Å²) < 4.78 is 1.91. The molecule has 0 fully saturated rings. The fourth-order valence-electron chi connectivity index (χ4n) is 1.98. The predicted octanol–water partition coefficient (Wildman–Crippen LogP) is 2.59. The predicted molar refractivity (Wildman–Crippen MR) is 80.7 cm³/mol. The monoisotopic (exact) mass is 280 g/mol. The molecule has 0 radical (unpaired) electrons. The number of nitrogens with one attached hydrogen (secondary N) is 1. The molecule has 0 amide bonds.